The van der Waals surface area contributed by atoms with E-state index in [9.17, 15) is 4.79 Å². The summed E-state index contributed by atoms with van der Waals surface area (Å²) in [6.07, 6.45) is 1.95. The van der Waals surface area contributed by atoms with E-state index in [4.69, 9.17) is 4.98 Å². The van der Waals surface area contributed by atoms with E-state index in [-0.39, 0.29) is 5.56 Å². The van der Waals surface area contributed by atoms with Gasteiger partial charge in [-0.2, -0.15) is 5.10 Å². The molecule has 29 heavy (non-hydrogen) atoms. The number of benzene rings is 1. The van der Waals surface area contributed by atoms with Gasteiger partial charge >= 0.3 is 0 Å². The maximum atomic E-state index is 13.0. The van der Waals surface area contributed by atoms with Crippen molar-refractivity contribution in [2.45, 2.75) is 10.9 Å². The standard InChI is InChI=1S/C21H16N4OS3/c1-24-20(26)18-16(17-8-5-11-27-17)13-28-19(18)22-21(24)29-12-14-9-10-25(23-14)15-6-3-2-4-7-15/h2-11,13H,12H2,1H3. The summed E-state index contributed by atoms with van der Waals surface area (Å²) in [6.45, 7) is 0. The van der Waals surface area contributed by atoms with Crippen LogP contribution in [0.3, 0.4) is 0 Å². The summed E-state index contributed by atoms with van der Waals surface area (Å²) < 4.78 is 3.50. The molecule has 0 fully saturated rings. The molecule has 0 aliphatic carbocycles. The third-order valence-electron chi connectivity index (χ3n) is 4.58. The van der Waals surface area contributed by atoms with Crippen LogP contribution in [0.25, 0.3) is 26.3 Å². The van der Waals surface area contributed by atoms with Gasteiger partial charge in [-0.25, -0.2) is 9.67 Å². The van der Waals surface area contributed by atoms with Crippen LogP contribution in [0.4, 0.5) is 0 Å². The van der Waals surface area contributed by atoms with Gasteiger partial charge in [-0.3, -0.25) is 9.36 Å². The molecule has 4 heterocycles. The summed E-state index contributed by atoms with van der Waals surface area (Å²) in [6, 6.07) is 16.0. The molecule has 0 atom stereocenters. The number of thioether (sulfide) groups is 1. The predicted molar refractivity (Wildman–Crippen MR) is 121 cm³/mol. The highest BCUT2D eigenvalue weighted by atomic mass is 32.2. The van der Waals surface area contributed by atoms with Crippen LogP contribution < -0.4 is 5.56 Å². The molecule has 0 unspecified atom stereocenters. The molecule has 1 aromatic carbocycles. The third-order valence-corrected chi connectivity index (χ3v) is 7.41. The van der Waals surface area contributed by atoms with Crippen LogP contribution in [0.5, 0.6) is 0 Å². The molecule has 5 aromatic rings. The zero-order chi connectivity index (χ0) is 19.8. The van der Waals surface area contributed by atoms with Gasteiger partial charge in [0.2, 0.25) is 0 Å². The first-order valence-corrected chi connectivity index (χ1v) is 11.7. The fraction of sp³-hybridized carbons (Fsp3) is 0.0952. The van der Waals surface area contributed by atoms with Crippen molar-refractivity contribution in [3.05, 3.63) is 81.5 Å². The summed E-state index contributed by atoms with van der Waals surface area (Å²) in [4.78, 5) is 19.7. The van der Waals surface area contributed by atoms with Gasteiger partial charge in [-0.1, -0.05) is 36.0 Å². The van der Waals surface area contributed by atoms with Gasteiger partial charge in [0.15, 0.2) is 5.16 Å². The van der Waals surface area contributed by atoms with E-state index in [2.05, 4.69) is 5.10 Å². The first kappa shape index (κ1) is 18.4. The number of hydrogen-bond donors (Lipinski definition) is 0. The number of nitrogens with zero attached hydrogens (tertiary/aromatic N) is 4. The van der Waals surface area contributed by atoms with Crippen LogP contribution in [-0.4, -0.2) is 19.3 Å². The Hall–Kier alpha value is -2.68. The molecule has 8 heteroatoms. The molecule has 0 N–H and O–H groups in total. The lowest BCUT2D eigenvalue weighted by Crippen LogP contribution is -2.19. The molecule has 5 rings (SSSR count). The summed E-state index contributed by atoms with van der Waals surface area (Å²) in [5, 5.41) is 10.1. The van der Waals surface area contributed by atoms with Crippen LogP contribution in [0.2, 0.25) is 0 Å². The number of rotatable bonds is 5. The minimum absolute atomic E-state index is 0.00281. The molecule has 0 saturated heterocycles. The van der Waals surface area contributed by atoms with Crippen LogP contribution in [0, 0.1) is 0 Å². The Morgan fingerprint density at radius 1 is 1.07 bits per heavy atom. The summed E-state index contributed by atoms with van der Waals surface area (Å²) in [7, 11) is 1.79. The molecule has 0 aliphatic rings. The van der Waals surface area contributed by atoms with E-state index in [1.54, 1.807) is 23.0 Å². The fourth-order valence-electron chi connectivity index (χ4n) is 3.10. The molecule has 0 spiro atoms. The highest BCUT2D eigenvalue weighted by Gasteiger charge is 2.16. The first-order chi connectivity index (χ1) is 14.2. The zero-order valence-electron chi connectivity index (χ0n) is 15.5. The first-order valence-electron chi connectivity index (χ1n) is 8.95. The molecular formula is C21H16N4OS3. The van der Waals surface area contributed by atoms with E-state index in [0.717, 1.165) is 26.7 Å². The minimum atomic E-state index is -0.00281. The van der Waals surface area contributed by atoms with Crippen molar-refractivity contribution in [1.82, 2.24) is 19.3 Å². The van der Waals surface area contributed by atoms with Crippen LogP contribution in [-0.2, 0) is 12.8 Å². The van der Waals surface area contributed by atoms with Crippen molar-refractivity contribution in [3.63, 3.8) is 0 Å². The Morgan fingerprint density at radius 3 is 2.72 bits per heavy atom. The van der Waals surface area contributed by atoms with Crippen molar-refractivity contribution < 1.29 is 0 Å². The van der Waals surface area contributed by atoms with Gasteiger partial charge in [0, 0.05) is 34.8 Å². The second kappa shape index (κ2) is 7.62. The molecule has 0 bridgehead atoms. The zero-order valence-corrected chi connectivity index (χ0v) is 17.9. The normalized spacial score (nSPS) is 11.3. The molecule has 0 radical (unpaired) electrons. The fourth-order valence-corrected chi connectivity index (χ4v) is 5.77. The van der Waals surface area contributed by atoms with Gasteiger partial charge < -0.3 is 0 Å². The van der Waals surface area contributed by atoms with Crippen molar-refractivity contribution >= 4 is 44.7 Å². The SMILES string of the molecule is Cn1c(SCc2ccn(-c3ccccc3)n2)nc2scc(-c3cccs3)c2c1=O. The number of para-hydroxylation sites is 1. The highest BCUT2D eigenvalue weighted by molar-refractivity contribution is 7.98. The molecule has 5 nitrogen and oxygen atoms in total. The van der Waals surface area contributed by atoms with E-state index in [1.165, 1.54) is 23.1 Å². The Labute approximate surface area is 179 Å². The van der Waals surface area contributed by atoms with Gasteiger partial charge in [0.25, 0.3) is 5.56 Å². The largest absolute Gasteiger partial charge is 0.290 e. The second-order valence-electron chi connectivity index (χ2n) is 6.44. The average molecular weight is 437 g/mol. The molecular weight excluding hydrogens is 420 g/mol. The number of aromatic nitrogens is 4. The minimum Gasteiger partial charge on any atom is -0.290 e. The number of hydrogen-bond acceptors (Lipinski definition) is 6. The van der Waals surface area contributed by atoms with Crippen LogP contribution >= 0.6 is 34.4 Å². The van der Waals surface area contributed by atoms with Crippen LogP contribution in [0.1, 0.15) is 5.69 Å². The molecule has 4 aromatic heterocycles. The lowest BCUT2D eigenvalue weighted by Gasteiger charge is -2.07. The number of thiophene rings is 2. The third kappa shape index (κ3) is 3.43. The topological polar surface area (TPSA) is 52.7 Å². The smallest absolute Gasteiger partial charge is 0.263 e. The summed E-state index contributed by atoms with van der Waals surface area (Å²) >= 11 is 4.69. The Balaban J connectivity index is 1.42. The van der Waals surface area contributed by atoms with Gasteiger partial charge in [-0.15, -0.1) is 22.7 Å². The number of fused-ring (bicyclic) bond motifs is 1. The molecule has 0 aliphatic heterocycles. The monoisotopic (exact) mass is 436 g/mol. The van der Waals surface area contributed by atoms with E-state index in [1.807, 2.05) is 70.2 Å². The van der Waals surface area contributed by atoms with Crippen LogP contribution in [0.15, 0.2) is 75.4 Å². The lowest BCUT2D eigenvalue weighted by atomic mass is 10.2. The second-order valence-corrected chi connectivity index (χ2v) is 9.19. The van der Waals surface area contributed by atoms with E-state index in [0.29, 0.717) is 16.3 Å². The Kier molecular flexibility index (Phi) is 4.83. The van der Waals surface area contributed by atoms with Gasteiger partial charge in [0.05, 0.1) is 16.8 Å². The average Bonchev–Trinajstić information content (AvgIpc) is 3.50. The van der Waals surface area contributed by atoms with E-state index >= 15 is 0 Å². The van der Waals surface area contributed by atoms with Crippen molar-refractivity contribution in [3.8, 4) is 16.1 Å². The maximum absolute atomic E-state index is 13.0. The highest BCUT2D eigenvalue weighted by Crippen LogP contribution is 2.34. The quantitative estimate of drug-likeness (QED) is 0.281. The summed E-state index contributed by atoms with van der Waals surface area (Å²) in [5.74, 6) is 0.648. The lowest BCUT2D eigenvalue weighted by molar-refractivity contribution is 0.727. The Morgan fingerprint density at radius 2 is 1.93 bits per heavy atom. The maximum Gasteiger partial charge on any atom is 0.263 e. The predicted octanol–water partition coefficient (Wildman–Crippen LogP) is 5.20. The van der Waals surface area contributed by atoms with Gasteiger partial charge in [0.1, 0.15) is 4.83 Å². The van der Waals surface area contributed by atoms with Crippen molar-refractivity contribution in [1.29, 1.82) is 0 Å². The molecule has 0 saturated carbocycles. The van der Waals surface area contributed by atoms with E-state index < -0.39 is 0 Å². The molecule has 144 valence electrons. The van der Waals surface area contributed by atoms with Crippen molar-refractivity contribution in [2.24, 2.45) is 7.05 Å². The van der Waals surface area contributed by atoms with Crippen molar-refractivity contribution in [2.75, 3.05) is 0 Å². The Bertz CT molecular complexity index is 1330. The van der Waals surface area contributed by atoms with Gasteiger partial charge in [-0.05, 0) is 29.6 Å². The molecule has 0 amide bonds. The summed E-state index contributed by atoms with van der Waals surface area (Å²) in [5.41, 5.74) is 2.94.